The van der Waals surface area contributed by atoms with Gasteiger partial charge in [-0.15, -0.1) is 0 Å². The maximum absolute atomic E-state index is 12.8. The number of carbonyl (C=O) groups excluding carboxylic acids is 2. The molecule has 35 heavy (non-hydrogen) atoms. The third kappa shape index (κ3) is 6.21. The van der Waals surface area contributed by atoms with E-state index in [4.69, 9.17) is 9.84 Å². The Hall–Kier alpha value is -3.35. The van der Waals surface area contributed by atoms with Crippen LogP contribution in [0, 0.1) is 5.92 Å². The van der Waals surface area contributed by atoms with Crippen molar-refractivity contribution in [3.05, 3.63) is 59.7 Å². The SMILES string of the molecule is C[C@H](CC(=O)O)NC(=O)CCC1CCCCC1NC(=O)OCC1c2ccccc2-c2ccccc21. The van der Waals surface area contributed by atoms with Gasteiger partial charge in [-0.1, -0.05) is 61.4 Å². The molecule has 0 spiro atoms. The van der Waals surface area contributed by atoms with Gasteiger partial charge in [0.1, 0.15) is 6.61 Å². The lowest BCUT2D eigenvalue weighted by Gasteiger charge is -2.32. The van der Waals surface area contributed by atoms with Gasteiger partial charge in [0.2, 0.25) is 5.91 Å². The van der Waals surface area contributed by atoms with Crippen LogP contribution >= 0.6 is 0 Å². The Morgan fingerprint density at radius 2 is 1.63 bits per heavy atom. The van der Waals surface area contributed by atoms with Crippen molar-refractivity contribution in [3.63, 3.8) is 0 Å². The number of carbonyl (C=O) groups is 3. The summed E-state index contributed by atoms with van der Waals surface area (Å²) in [5.41, 5.74) is 4.75. The minimum atomic E-state index is -0.933. The van der Waals surface area contributed by atoms with Crippen LogP contribution in [0.3, 0.4) is 0 Å². The monoisotopic (exact) mass is 478 g/mol. The van der Waals surface area contributed by atoms with Gasteiger partial charge in [-0.25, -0.2) is 4.79 Å². The number of hydrogen-bond donors (Lipinski definition) is 3. The third-order valence-electron chi connectivity index (χ3n) is 7.19. The molecule has 3 N–H and O–H groups in total. The van der Waals surface area contributed by atoms with Gasteiger partial charge < -0.3 is 20.5 Å². The predicted molar refractivity (Wildman–Crippen MR) is 133 cm³/mol. The molecule has 0 radical (unpaired) electrons. The van der Waals surface area contributed by atoms with E-state index in [9.17, 15) is 14.4 Å². The fourth-order valence-corrected chi connectivity index (χ4v) is 5.51. The van der Waals surface area contributed by atoms with Crippen LogP contribution in [0.5, 0.6) is 0 Å². The molecular formula is C28H34N2O5. The zero-order valence-corrected chi connectivity index (χ0v) is 20.2. The third-order valence-corrected chi connectivity index (χ3v) is 7.19. The molecule has 2 unspecified atom stereocenters. The molecule has 1 fully saturated rings. The van der Waals surface area contributed by atoms with E-state index in [-0.39, 0.29) is 36.8 Å². The number of rotatable bonds is 9. The number of nitrogens with one attached hydrogen (secondary N) is 2. The van der Waals surface area contributed by atoms with Crippen molar-refractivity contribution < 1.29 is 24.2 Å². The van der Waals surface area contributed by atoms with Crippen LogP contribution in [-0.2, 0) is 14.3 Å². The van der Waals surface area contributed by atoms with Crippen LogP contribution in [0.25, 0.3) is 11.1 Å². The number of carboxylic acids is 1. The lowest BCUT2D eigenvalue weighted by molar-refractivity contribution is -0.137. The predicted octanol–water partition coefficient (Wildman–Crippen LogP) is 4.84. The van der Waals surface area contributed by atoms with Gasteiger partial charge in [-0.05, 0) is 54.4 Å². The molecule has 2 aromatic carbocycles. The fraction of sp³-hybridized carbons (Fsp3) is 0.464. The molecule has 0 aliphatic heterocycles. The van der Waals surface area contributed by atoms with Gasteiger partial charge in [0.15, 0.2) is 0 Å². The largest absolute Gasteiger partial charge is 0.481 e. The summed E-state index contributed by atoms with van der Waals surface area (Å²) in [6.45, 7) is 1.97. The van der Waals surface area contributed by atoms with E-state index in [1.54, 1.807) is 6.92 Å². The van der Waals surface area contributed by atoms with Crippen LogP contribution in [0.2, 0.25) is 0 Å². The summed E-state index contributed by atoms with van der Waals surface area (Å²) in [5.74, 6) is -0.863. The average Bonchev–Trinajstić information content (AvgIpc) is 3.15. The molecule has 1 saturated carbocycles. The minimum Gasteiger partial charge on any atom is -0.481 e. The summed E-state index contributed by atoms with van der Waals surface area (Å²) >= 11 is 0. The van der Waals surface area contributed by atoms with Gasteiger partial charge >= 0.3 is 12.1 Å². The van der Waals surface area contributed by atoms with Crippen molar-refractivity contribution >= 4 is 18.0 Å². The number of hydrogen-bond acceptors (Lipinski definition) is 4. The minimum absolute atomic E-state index is 0.0202. The highest BCUT2D eigenvalue weighted by Crippen LogP contribution is 2.44. The van der Waals surface area contributed by atoms with Crippen LogP contribution < -0.4 is 10.6 Å². The maximum atomic E-state index is 12.8. The van der Waals surface area contributed by atoms with Gasteiger partial charge in [0, 0.05) is 24.4 Å². The number of fused-ring (bicyclic) bond motifs is 3. The summed E-state index contributed by atoms with van der Waals surface area (Å²) in [6, 6.07) is 16.1. The number of ether oxygens (including phenoxy) is 1. The van der Waals surface area contributed by atoms with Gasteiger partial charge in [-0.2, -0.15) is 0 Å². The molecule has 0 bridgehead atoms. The molecule has 0 heterocycles. The highest BCUT2D eigenvalue weighted by molar-refractivity contribution is 5.79. The number of amides is 2. The first-order chi connectivity index (χ1) is 16.9. The Bertz CT molecular complexity index is 1020. The molecule has 0 saturated heterocycles. The Morgan fingerprint density at radius 3 is 2.29 bits per heavy atom. The summed E-state index contributed by atoms with van der Waals surface area (Å²) in [4.78, 5) is 35.8. The molecule has 2 aliphatic rings. The summed E-state index contributed by atoms with van der Waals surface area (Å²) in [7, 11) is 0. The Balaban J connectivity index is 1.29. The summed E-state index contributed by atoms with van der Waals surface area (Å²) in [6.07, 6.45) is 4.39. The number of benzene rings is 2. The van der Waals surface area contributed by atoms with Crippen molar-refractivity contribution in [1.29, 1.82) is 0 Å². The van der Waals surface area contributed by atoms with Crippen molar-refractivity contribution in [1.82, 2.24) is 10.6 Å². The molecule has 7 heteroatoms. The molecule has 2 amide bonds. The molecular weight excluding hydrogens is 444 g/mol. The molecule has 7 nitrogen and oxygen atoms in total. The van der Waals surface area contributed by atoms with E-state index in [1.165, 1.54) is 22.3 Å². The van der Waals surface area contributed by atoms with Crippen molar-refractivity contribution in [2.45, 2.75) is 69.9 Å². The highest BCUT2D eigenvalue weighted by atomic mass is 16.5. The van der Waals surface area contributed by atoms with Gasteiger partial charge in [0.05, 0.1) is 6.42 Å². The van der Waals surface area contributed by atoms with E-state index < -0.39 is 18.1 Å². The second kappa shape index (κ2) is 11.4. The Labute approximate surface area is 206 Å². The normalized spacial score (nSPS) is 19.8. The van der Waals surface area contributed by atoms with Gasteiger partial charge in [-0.3, -0.25) is 9.59 Å². The molecule has 4 rings (SSSR count). The van der Waals surface area contributed by atoms with Crippen LogP contribution in [0.4, 0.5) is 4.79 Å². The zero-order valence-electron chi connectivity index (χ0n) is 20.2. The topological polar surface area (TPSA) is 105 Å². The van der Waals surface area contributed by atoms with E-state index in [0.29, 0.717) is 12.8 Å². The fourth-order valence-electron chi connectivity index (χ4n) is 5.51. The van der Waals surface area contributed by atoms with Crippen LogP contribution in [0.1, 0.15) is 68.9 Å². The van der Waals surface area contributed by atoms with E-state index in [2.05, 4.69) is 34.9 Å². The Morgan fingerprint density at radius 1 is 1.00 bits per heavy atom. The second-order valence-corrected chi connectivity index (χ2v) is 9.73. The molecule has 3 atom stereocenters. The molecule has 186 valence electrons. The zero-order chi connectivity index (χ0) is 24.8. The maximum Gasteiger partial charge on any atom is 0.407 e. The second-order valence-electron chi connectivity index (χ2n) is 9.73. The number of alkyl carbamates (subject to hydrolysis) is 1. The van der Waals surface area contributed by atoms with Crippen LogP contribution in [0.15, 0.2) is 48.5 Å². The highest BCUT2D eigenvalue weighted by Gasteiger charge is 2.31. The first-order valence-corrected chi connectivity index (χ1v) is 12.5. The van der Waals surface area contributed by atoms with Crippen molar-refractivity contribution in [2.24, 2.45) is 5.92 Å². The first-order valence-electron chi connectivity index (χ1n) is 12.5. The van der Waals surface area contributed by atoms with E-state index >= 15 is 0 Å². The van der Waals surface area contributed by atoms with Crippen LogP contribution in [-0.4, -0.2) is 41.8 Å². The molecule has 2 aromatic rings. The number of aliphatic carboxylic acids is 1. The number of carboxylic acid groups (broad SMARTS) is 1. The van der Waals surface area contributed by atoms with E-state index in [0.717, 1.165) is 25.7 Å². The lowest BCUT2D eigenvalue weighted by atomic mass is 9.81. The average molecular weight is 479 g/mol. The standard InChI is InChI=1S/C28H34N2O5/c1-18(16-27(32)33)29-26(31)15-14-19-8-2-7-13-25(19)30-28(34)35-17-24-22-11-5-3-9-20(22)21-10-4-6-12-23(21)24/h3-6,9-12,18-19,24-25H,2,7-8,13-17H2,1H3,(H,29,31)(H,30,34)(H,32,33)/t18-,19?,25?/m1/s1. The smallest absolute Gasteiger partial charge is 0.407 e. The summed E-state index contributed by atoms with van der Waals surface area (Å²) < 4.78 is 5.72. The summed E-state index contributed by atoms with van der Waals surface area (Å²) in [5, 5.41) is 14.7. The van der Waals surface area contributed by atoms with Gasteiger partial charge in [0.25, 0.3) is 0 Å². The van der Waals surface area contributed by atoms with E-state index in [1.807, 2.05) is 24.3 Å². The Kier molecular flexibility index (Phi) is 8.06. The first kappa shape index (κ1) is 24.8. The van der Waals surface area contributed by atoms with Crippen molar-refractivity contribution in [2.75, 3.05) is 6.61 Å². The molecule has 0 aromatic heterocycles. The molecule has 2 aliphatic carbocycles. The lowest BCUT2D eigenvalue weighted by Crippen LogP contribution is -2.43. The quantitative estimate of drug-likeness (QED) is 0.478. The van der Waals surface area contributed by atoms with Crippen molar-refractivity contribution in [3.8, 4) is 11.1 Å².